The first-order valence-corrected chi connectivity index (χ1v) is 12.4. The van der Waals surface area contributed by atoms with E-state index in [1.165, 1.54) is 18.4 Å². The van der Waals surface area contributed by atoms with Crippen LogP contribution in [0.2, 0.25) is 0 Å². The fraction of sp³-hybridized carbons (Fsp3) is 0.429. The maximum absolute atomic E-state index is 13.0. The first kappa shape index (κ1) is 22.7. The summed E-state index contributed by atoms with van der Waals surface area (Å²) >= 11 is 0. The summed E-state index contributed by atoms with van der Waals surface area (Å²) in [5, 5.41) is 6.52. The van der Waals surface area contributed by atoms with Crippen molar-refractivity contribution in [2.24, 2.45) is 0 Å². The Morgan fingerprint density at radius 1 is 1.03 bits per heavy atom. The third-order valence-corrected chi connectivity index (χ3v) is 7.26. The van der Waals surface area contributed by atoms with Crippen LogP contribution in [0.3, 0.4) is 0 Å². The topological polar surface area (TPSA) is 70.7 Å². The van der Waals surface area contributed by atoms with E-state index >= 15 is 0 Å². The van der Waals surface area contributed by atoms with Crippen molar-refractivity contribution in [3.63, 3.8) is 0 Å². The molecule has 1 unspecified atom stereocenters. The second-order valence-corrected chi connectivity index (χ2v) is 9.67. The zero-order valence-electron chi connectivity index (χ0n) is 19.6. The molecule has 2 fully saturated rings. The predicted octanol–water partition coefficient (Wildman–Crippen LogP) is 4.30. The standard InChI is InChI=1S/C28H33N3O3/c1-19-12-15-25(27(32)30-19)31-18-21-16-22(13-14-23(21)28(31)33)34-26-11-7-3-6-10-24(26)29-17-20-8-4-2-5-9-20/h2,4-5,8-9,13-14,16,24-26,29H,1,3,6-7,10-12,15,17-18H2,(H,30,32)/t24-,25?,26-/m0/s1. The molecule has 5 rings (SSSR count). The number of carbonyl (C=O) groups excluding carboxylic acids is 2. The first-order chi connectivity index (χ1) is 16.6. The Bertz CT molecular complexity index is 1070. The van der Waals surface area contributed by atoms with Crippen molar-refractivity contribution in [2.75, 3.05) is 0 Å². The van der Waals surface area contributed by atoms with E-state index < -0.39 is 6.04 Å². The van der Waals surface area contributed by atoms with Gasteiger partial charge in [-0.3, -0.25) is 9.59 Å². The van der Waals surface area contributed by atoms with E-state index in [0.29, 0.717) is 24.9 Å². The minimum Gasteiger partial charge on any atom is -0.489 e. The molecule has 2 heterocycles. The average Bonchev–Trinajstić information content (AvgIpc) is 3.00. The molecule has 1 aliphatic carbocycles. The summed E-state index contributed by atoms with van der Waals surface area (Å²) in [4.78, 5) is 27.2. The maximum Gasteiger partial charge on any atom is 0.255 e. The molecule has 3 aliphatic rings. The number of rotatable bonds is 6. The zero-order chi connectivity index (χ0) is 23.5. The van der Waals surface area contributed by atoms with E-state index in [2.05, 4.69) is 41.5 Å². The summed E-state index contributed by atoms with van der Waals surface area (Å²) in [6, 6.07) is 16.1. The second-order valence-electron chi connectivity index (χ2n) is 9.67. The number of hydrogen-bond acceptors (Lipinski definition) is 4. The molecule has 0 aromatic heterocycles. The molecule has 2 amide bonds. The highest BCUT2D eigenvalue weighted by Crippen LogP contribution is 2.32. The summed E-state index contributed by atoms with van der Waals surface area (Å²) in [6.07, 6.45) is 7.11. The summed E-state index contributed by atoms with van der Waals surface area (Å²) in [5.74, 6) is 0.582. The molecule has 0 radical (unpaired) electrons. The molecule has 0 spiro atoms. The Kier molecular flexibility index (Phi) is 6.68. The van der Waals surface area contributed by atoms with Crippen molar-refractivity contribution in [1.82, 2.24) is 15.5 Å². The molecule has 1 saturated heterocycles. The van der Waals surface area contributed by atoms with E-state index in [0.717, 1.165) is 42.8 Å². The summed E-state index contributed by atoms with van der Waals surface area (Å²) in [5.41, 5.74) is 3.60. The third kappa shape index (κ3) is 4.87. The number of hydrogen-bond donors (Lipinski definition) is 2. The van der Waals surface area contributed by atoms with Gasteiger partial charge in [0.15, 0.2) is 0 Å². The van der Waals surface area contributed by atoms with Crippen LogP contribution in [0.4, 0.5) is 0 Å². The largest absolute Gasteiger partial charge is 0.489 e. The Labute approximate surface area is 201 Å². The minimum absolute atomic E-state index is 0.0777. The lowest BCUT2D eigenvalue weighted by Crippen LogP contribution is -2.49. The monoisotopic (exact) mass is 459 g/mol. The summed E-state index contributed by atoms with van der Waals surface area (Å²) < 4.78 is 6.53. The van der Waals surface area contributed by atoms with Gasteiger partial charge in [-0.05, 0) is 61.4 Å². The lowest BCUT2D eigenvalue weighted by atomic mass is 10.0. The van der Waals surface area contributed by atoms with Crippen LogP contribution >= 0.6 is 0 Å². The Balaban J connectivity index is 1.27. The fourth-order valence-corrected chi connectivity index (χ4v) is 5.37. The van der Waals surface area contributed by atoms with Crippen molar-refractivity contribution >= 4 is 11.8 Å². The summed E-state index contributed by atoms with van der Waals surface area (Å²) in [6.45, 7) is 5.11. The highest BCUT2D eigenvalue weighted by Gasteiger charge is 2.38. The van der Waals surface area contributed by atoms with Gasteiger partial charge in [0.1, 0.15) is 17.9 Å². The van der Waals surface area contributed by atoms with Crippen molar-refractivity contribution in [3.8, 4) is 5.75 Å². The van der Waals surface area contributed by atoms with Gasteiger partial charge in [-0.15, -0.1) is 0 Å². The second kappa shape index (κ2) is 10.0. The minimum atomic E-state index is -0.441. The number of nitrogens with one attached hydrogen (secondary N) is 2. The molecule has 2 aliphatic heterocycles. The van der Waals surface area contributed by atoms with Crippen LogP contribution in [-0.4, -0.2) is 34.9 Å². The molecule has 2 aromatic carbocycles. The lowest BCUT2D eigenvalue weighted by molar-refractivity contribution is -0.126. The number of piperidine rings is 1. The van der Waals surface area contributed by atoms with Crippen LogP contribution < -0.4 is 15.4 Å². The van der Waals surface area contributed by atoms with Gasteiger partial charge in [0.2, 0.25) is 5.91 Å². The van der Waals surface area contributed by atoms with Crippen LogP contribution in [0.5, 0.6) is 5.75 Å². The Hall–Kier alpha value is -3.12. The molecule has 34 heavy (non-hydrogen) atoms. The van der Waals surface area contributed by atoms with E-state index in [9.17, 15) is 9.59 Å². The highest BCUT2D eigenvalue weighted by atomic mass is 16.5. The number of fused-ring (bicyclic) bond motifs is 1. The molecule has 2 aromatic rings. The van der Waals surface area contributed by atoms with Crippen molar-refractivity contribution in [1.29, 1.82) is 0 Å². The number of ether oxygens (including phenoxy) is 1. The van der Waals surface area contributed by atoms with E-state index in [1.807, 2.05) is 24.3 Å². The molecule has 6 nitrogen and oxygen atoms in total. The van der Waals surface area contributed by atoms with Gasteiger partial charge in [-0.2, -0.15) is 0 Å². The molecule has 6 heteroatoms. The van der Waals surface area contributed by atoms with Gasteiger partial charge in [-0.1, -0.05) is 49.8 Å². The lowest BCUT2D eigenvalue weighted by Gasteiger charge is -2.30. The quantitative estimate of drug-likeness (QED) is 0.632. The average molecular weight is 460 g/mol. The number of allylic oxidation sites excluding steroid dienone is 1. The van der Waals surface area contributed by atoms with Crippen LogP contribution in [-0.2, 0) is 17.9 Å². The Morgan fingerprint density at radius 2 is 1.85 bits per heavy atom. The molecule has 178 valence electrons. The Morgan fingerprint density at radius 3 is 2.68 bits per heavy atom. The number of amides is 2. The third-order valence-electron chi connectivity index (χ3n) is 7.26. The highest BCUT2D eigenvalue weighted by molar-refractivity contribution is 6.01. The number of carbonyl (C=O) groups is 2. The predicted molar refractivity (Wildman–Crippen MR) is 131 cm³/mol. The zero-order valence-corrected chi connectivity index (χ0v) is 19.6. The molecular formula is C28H33N3O3. The van der Waals surface area contributed by atoms with Gasteiger partial charge in [0, 0.05) is 30.4 Å². The van der Waals surface area contributed by atoms with Crippen LogP contribution in [0.1, 0.15) is 66.4 Å². The van der Waals surface area contributed by atoms with Gasteiger partial charge in [0.25, 0.3) is 5.91 Å². The molecule has 0 bridgehead atoms. The van der Waals surface area contributed by atoms with Crippen molar-refractivity contribution in [2.45, 2.75) is 76.2 Å². The number of benzene rings is 2. The number of nitrogens with zero attached hydrogens (tertiary/aromatic N) is 1. The maximum atomic E-state index is 13.0. The molecule has 1 saturated carbocycles. The van der Waals surface area contributed by atoms with E-state index in [4.69, 9.17) is 4.74 Å². The SMILES string of the molecule is C=C1CCC(N2Cc3cc(O[C@H]4CCCCC[C@@H]4NCc4ccccc4)ccc3C2=O)C(=O)N1. The van der Waals surface area contributed by atoms with Gasteiger partial charge < -0.3 is 20.3 Å². The van der Waals surface area contributed by atoms with Crippen molar-refractivity contribution in [3.05, 3.63) is 77.5 Å². The van der Waals surface area contributed by atoms with Gasteiger partial charge in [0.05, 0.1) is 0 Å². The molecule has 2 N–H and O–H groups in total. The van der Waals surface area contributed by atoms with Crippen LogP contribution in [0.15, 0.2) is 60.8 Å². The van der Waals surface area contributed by atoms with Crippen molar-refractivity contribution < 1.29 is 14.3 Å². The van der Waals surface area contributed by atoms with E-state index in [-0.39, 0.29) is 24.0 Å². The van der Waals surface area contributed by atoms with Crippen LogP contribution in [0, 0.1) is 0 Å². The molecule has 3 atom stereocenters. The van der Waals surface area contributed by atoms with Gasteiger partial charge in [-0.25, -0.2) is 0 Å². The molecular weight excluding hydrogens is 426 g/mol. The van der Waals surface area contributed by atoms with E-state index in [1.54, 1.807) is 4.90 Å². The van der Waals surface area contributed by atoms with Crippen LogP contribution in [0.25, 0.3) is 0 Å². The normalized spacial score (nSPS) is 25.0. The fourth-order valence-electron chi connectivity index (χ4n) is 5.37. The first-order valence-electron chi connectivity index (χ1n) is 12.4. The summed E-state index contributed by atoms with van der Waals surface area (Å²) in [7, 11) is 0. The smallest absolute Gasteiger partial charge is 0.255 e. The van der Waals surface area contributed by atoms with Gasteiger partial charge >= 0.3 is 0 Å².